The number of hydrogen-bond donors (Lipinski definition) is 1. The second kappa shape index (κ2) is 6.29. The molecule has 0 spiro atoms. The molecule has 138 valence electrons. The van der Waals surface area contributed by atoms with Crippen molar-refractivity contribution in [1.29, 1.82) is 0 Å². The first-order chi connectivity index (χ1) is 11.3. The third-order valence-electron chi connectivity index (χ3n) is 4.98. The van der Waals surface area contributed by atoms with Crippen LogP contribution in [-0.2, 0) is 15.9 Å². The molecule has 1 amide bonds. The van der Waals surface area contributed by atoms with E-state index in [4.69, 9.17) is 9.31 Å². The number of halogens is 1. The third-order valence-corrected chi connectivity index (χ3v) is 4.98. The molecule has 1 aromatic carbocycles. The molecule has 1 aliphatic rings. The first-order valence-corrected chi connectivity index (χ1v) is 8.40. The zero-order valence-electron chi connectivity index (χ0n) is 16.0. The number of nitrogens with zero attached hydrogens (tertiary/aromatic N) is 1. The lowest BCUT2D eigenvalue weighted by Gasteiger charge is -2.33. The van der Waals surface area contributed by atoms with Crippen LogP contribution in [0, 0.1) is 5.82 Å². The molecule has 0 aromatic heterocycles. The Bertz CT molecular complexity index is 654. The minimum absolute atomic E-state index is 0.0436. The lowest BCUT2D eigenvalue weighted by atomic mass is 9.77. The highest BCUT2D eigenvalue weighted by Crippen LogP contribution is 2.36. The van der Waals surface area contributed by atoms with Gasteiger partial charge in [0.25, 0.3) is 0 Å². The standard InChI is InChI=1S/C18H27BFNO4/c1-16(2,3)21(15(22)23)11-12-9-8-10-13(14(12)20)19-24-17(4,5)18(6,7)25-19/h8-10H,11H2,1-7H3,(H,22,23). The minimum Gasteiger partial charge on any atom is -0.465 e. The highest BCUT2D eigenvalue weighted by Gasteiger charge is 2.52. The Morgan fingerprint density at radius 2 is 1.72 bits per heavy atom. The number of carboxylic acid groups (broad SMARTS) is 1. The van der Waals surface area contributed by atoms with E-state index >= 15 is 4.39 Å². The summed E-state index contributed by atoms with van der Waals surface area (Å²) in [5.41, 5.74) is -1.20. The average molecular weight is 351 g/mol. The van der Waals surface area contributed by atoms with E-state index in [1.54, 1.807) is 39.0 Å². The van der Waals surface area contributed by atoms with Crippen molar-refractivity contribution in [2.45, 2.75) is 71.8 Å². The summed E-state index contributed by atoms with van der Waals surface area (Å²) < 4.78 is 26.9. The first kappa shape index (κ1) is 19.7. The molecule has 25 heavy (non-hydrogen) atoms. The van der Waals surface area contributed by atoms with E-state index in [0.29, 0.717) is 5.56 Å². The number of rotatable bonds is 3. The van der Waals surface area contributed by atoms with Crippen molar-refractivity contribution in [3.63, 3.8) is 0 Å². The summed E-state index contributed by atoms with van der Waals surface area (Å²) in [6.07, 6.45) is -1.09. The SMILES string of the molecule is CC(C)(C)N(Cc1cccc(B2OC(C)(C)C(C)(C)O2)c1F)C(=O)O. The molecule has 5 nitrogen and oxygen atoms in total. The van der Waals surface area contributed by atoms with Crippen LogP contribution in [0.1, 0.15) is 54.0 Å². The minimum atomic E-state index is -1.09. The van der Waals surface area contributed by atoms with Crippen molar-refractivity contribution in [2.24, 2.45) is 0 Å². The molecule has 1 N–H and O–H groups in total. The molecule has 0 aliphatic carbocycles. The molecule has 7 heteroatoms. The maximum Gasteiger partial charge on any atom is 0.497 e. The van der Waals surface area contributed by atoms with E-state index in [9.17, 15) is 9.90 Å². The van der Waals surface area contributed by atoms with Gasteiger partial charge in [0.2, 0.25) is 0 Å². The van der Waals surface area contributed by atoms with Gasteiger partial charge in [-0.15, -0.1) is 0 Å². The molecule has 1 aliphatic heterocycles. The Labute approximate surface area is 149 Å². The molecule has 0 unspecified atom stereocenters. The molecule has 0 saturated carbocycles. The molecule has 1 aromatic rings. The van der Waals surface area contributed by atoms with Crippen LogP contribution in [0.25, 0.3) is 0 Å². The van der Waals surface area contributed by atoms with Crippen LogP contribution in [0.2, 0.25) is 0 Å². The summed E-state index contributed by atoms with van der Waals surface area (Å²) in [7, 11) is -0.821. The van der Waals surface area contributed by atoms with Gasteiger partial charge in [0.05, 0.1) is 17.7 Å². The monoisotopic (exact) mass is 351 g/mol. The maximum absolute atomic E-state index is 15.1. The van der Waals surface area contributed by atoms with Gasteiger partial charge in [-0.05, 0) is 48.5 Å². The Morgan fingerprint density at radius 1 is 1.20 bits per heavy atom. The summed E-state index contributed by atoms with van der Waals surface area (Å²) in [5.74, 6) is -0.489. The van der Waals surface area contributed by atoms with Crippen LogP contribution in [0.3, 0.4) is 0 Å². The van der Waals surface area contributed by atoms with Gasteiger partial charge < -0.3 is 14.4 Å². The highest BCUT2D eigenvalue weighted by molar-refractivity contribution is 6.62. The maximum atomic E-state index is 15.1. The first-order valence-electron chi connectivity index (χ1n) is 8.40. The number of carbonyl (C=O) groups is 1. The van der Waals surface area contributed by atoms with Gasteiger partial charge in [0.1, 0.15) is 5.82 Å². The van der Waals surface area contributed by atoms with Gasteiger partial charge in [-0.25, -0.2) is 9.18 Å². The normalized spacial score (nSPS) is 19.1. The molecule has 1 heterocycles. The fraction of sp³-hybridized carbons (Fsp3) is 0.611. The predicted molar refractivity (Wildman–Crippen MR) is 95.4 cm³/mol. The van der Waals surface area contributed by atoms with Gasteiger partial charge in [-0.1, -0.05) is 18.2 Å². The van der Waals surface area contributed by atoms with Crippen molar-refractivity contribution < 1.29 is 23.6 Å². The summed E-state index contributed by atoms with van der Waals surface area (Å²) in [6, 6.07) is 4.90. The molecule has 1 saturated heterocycles. The fourth-order valence-corrected chi connectivity index (χ4v) is 2.64. The molecular formula is C18H27BFNO4. The van der Waals surface area contributed by atoms with E-state index in [0.717, 1.165) is 0 Å². The van der Waals surface area contributed by atoms with E-state index in [2.05, 4.69) is 0 Å². The van der Waals surface area contributed by atoms with E-state index < -0.39 is 35.8 Å². The quantitative estimate of drug-likeness (QED) is 0.848. The van der Waals surface area contributed by atoms with Gasteiger partial charge in [0.15, 0.2) is 0 Å². The topological polar surface area (TPSA) is 59.0 Å². The van der Waals surface area contributed by atoms with Crippen molar-refractivity contribution >= 4 is 18.7 Å². The number of amides is 1. The fourth-order valence-electron chi connectivity index (χ4n) is 2.64. The van der Waals surface area contributed by atoms with Crippen molar-refractivity contribution in [3.05, 3.63) is 29.6 Å². The summed E-state index contributed by atoms with van der Waals surface area (Å²) in [5, 5.41) is 9.43. The van der Waals surface area contributed by atoms with Crippen LogP contribution < -0.4 is 5.46 Å². The molecule has 2 rings (SSSR count). The smallest absolute Gasteiger partial charge is 0.465 e. The van der Waals surface area contributed by atoms with Gasteiger partial charge in [-0.2, -0.15) is 0 Å². The second-order valence-electron chi connectivity index (χ2n) is 8.45. The Morgan fingerprint density at radius 3 is 2.16 bits per heavy atom. The summed E-state index contributed by atoms with van der Waals surface area (Å²) >= 11 is 0. The van der Waals surface area contributed by atoms with Crippen LogP contribution in [0.4, 0.5) is 9.18 Å². The summed E-state index contributed by atoms with van der Waals surface area (Å²) in [4.78, 5) is 12.7. The van der Waals surface area contributed by atoms with Crippen LogP contribution >= 0.6 is 0 Å². The Balaban J connectivity index is 2.34. The van der Waals surface area contributed by atoms with Gasteiger partial charge in [-0.3, -0.25) is 4.90 Å². The highest BCUT2D eigenvalue weighted by atomic mass is 19.1. The van der Waals surface area contributed by atoms with E-state index in [1.807, 2.05) is 27.7 Å². The van der Waals surface area contributed by atoms with Crippen LogP contribution in [0.5, 0.6) is 0 Å². The van der Waals surface area contributed by atoms with Gasteiger partial charge in [0, 0.05) is 16.6 Å². The lowest BCUT2D eigenvalue weighted by molar-refractivity contribution is 0.00578. The zero-order valence-corrected chi connectivity index (χ0v) is 16.0. The second-order valence-corrected chi connectivity index (χ2v) is 8.45. The molecule has 1 fully saturated rings. The molecule has 0 radical (unpaired) electrons. The number of hydrogen-bond acceptors (Lipinski definition) is 3. The zero-order chi connectivity index (χ0) is 19.2. The molecular weight excluding hydrogens is 324 g/mol. The van der Waals surface area contributed by atoms with Crippen LogP contribution in [-0.4, -0.2) is 40.0 Å². The Hall–Kier alpha value is -1.60. The average Bonchev–Trinajstić information content (AvgIpc) is 2.64. The van der Waals surface area contributed by atoms with E-state index in [-0.39, 0.29) is 12.0 Å². The van der Waals surface area contributed by atoms with E-state index in [1.165, 1.54) is 4.90 Å². The Kier molecular flexibility index (Phi) is 4.96. The van der Waals surface area contributed by atoms with Gasteiger partial charge >= 0.3 is 13.2 Å². The van der Waals surface area contributed by atoms with Crippen molar-refractivity contribution in [1.82, 2.24) is 4.90 Å². The van der Waals surface area contributed by atoms with Crippen molar-refractivity contribution in [2.75, 3.05) is 0 Å². The summed E-state index contributed by atoms with van der Waals surface area (Å²) in [6.45, 7) is 12.9. The van der Waals surface area contributed by atoms with Crippen molar-refractivity contribution in [3.8, 4) is 0 Å². The predicted octanol–water partition coefficient (Wildman–Crippen LogP) is 3.40. The lowest BCUT2D eigenvalue weighted by Crippen LogP contribution is -2.45. The molecule has 0 bridgehead atoms. The largest absolute Gasteiger partial charge is 0.497 e. The molecule has 0 atom stereocenters. The van der Waals surface area contributed by atoms with Crippen LogP contribution in [0.15, 0.2) is 18.2 Å². The third kappa shape index (κ3) is 3.82. The number of benzene rings is 1.